The average molecular weight is 289 g/mol. The van der Waals surface area contributed by atoms with E-state index in [-0.39, 0.29) is 24.0 Å². The van der Waals surface area contributed by atoms with Gasteiger partial charge in [-0.3, -0.25) is 19.7 Å². The molecule has 0 amide bonds. The second-order valence-electron chi connectivity index (χ2n) is 4.73. The van der Waals surface area contributed by atoms with Crippen LogP contribution in [0.1, 0.15) is 24.8 Å². The molecule has 2 rings (SSSR count). The van der Waals surface area contributed by atoms with Crippen molar-refractivity contribution < 1.29 is 19.2 Å². The number of nitro benzene ring substituents is 1. The molecule has 0 heterocycles. The lowest BCUT2D eigenvalue weighted by Crippen LogP contribution is -2.32. The Hall–Kier alpha value is -2.50. The fraction of sp³-hybridized carbons (Fsp3) is 0.333. The summed E-state index contributed by atoms with van der Waals surface area (Å²) in [6, 6.07) is 5.92. The zero-order valence-electron chi connectivity index (χ0n) is 11.5. The van der Waals surface area contributed by atoms with Crippen LogP contribution >= 0.6 is 0 Å². The number of hydrogen-bond donors (Lipinski definition) is 0. The highest BCUT2D eigenvalue weighted by molar-refractivity contribution is 6.06. The van der Waals surface area contributed by atoms with Crippen molar-refractivity contribution in [3.8, 4) is 0 Å². The number of benzene rings is 1. The quantitative estimate of drug-likeness (QED) is 0.367. The Morgan fingerprint density at radius 3 is 2.62 bits per heavy atom. The summed E-state index contributed by atoms with van der Waals surface area (Å²) < 4.78 is 4.96. The van der Waals surface area contributed by atoms with E-state index in [2.05, 4.69) is 0 Å². The Kier molecular flexibility index (Phi) is 4.47. The second kappa shape index (κ2) is 6.30. The molecule has 2 atom stereocenters. The summed E-state index contributed by atoms with van der Waals surface area (Å²) >= 11 is 0. The number of allylic oxidation sites excluding steroid dienone is 2. The Morgan fingerprint density at radius 2 is 2.05 bits per heavy atom. The van der Waals surface area contributed by atoms with Crippen LogP contribution in [0.5, 0.6) is 0 Å². The summed E-state index contributed by atoms with van der Waals surface area (Å²) in [7, 11) is 0. The zero-order chi connectivity index (χ0) is 15.4. The van der Waals surface area contributed by atoms with Crippen LogP contribution in [0.3, 0.4) is 0 Å². The maximum Gasteiger partial charge on any atom is 0.317 e. The normalized spacial score (nSPS) is 21.1. The summed E-state index contributed by atoms with van der Waals surface area (Å²) in [6.45, 7) is 1.89. The lowest BCUT2D eigenvalue weighted by atomic mass is 9.78. The van der Waals surface area contributed by atoms with Crippen LogP contribution in [0, 0.1) is 16.0 Å². The van der Waals surface area contributed by atoms with Gasteiger partial charge in [-0.05, 0) is 25.0 Å². The van der Waals surface area contributed by atoms with Gasteiger partial charge in [0.05, 0.1) is 11.5 Å². The van der Waals surface area contributed by atoms with E-state index in [0.717, 1.165) is 5.56 Å². The minimum atomic E-state index is -0.878. The Labute approximate surface area is 121 Å². The third-order valence-electron chi connectivity index (χ3n) is 3.45. The molecule has 2 unspecified atom stereocenters. The largest absolute Gasteiger partial charge is 0.465 e. The lowest BCUT2D eigenvalue weighted by molar-refractivity contribution is -0.384. The summed E-state index contributed by atoms with van der Waals surface area (Å²) in [6.07, 6.45) is 3.63. The Balaban J connectivity index is 2.30. The summed E-state index contributed by atoms with van der Waals surface area (Å²) in [5, 5.41) is 10.7. The minimum Gasteiger partial charge on any atom is -0.465 e. The fourth-order valence-corrected chi connectivity index (χ4v) is 2.45. The molecule has 0 saturated heterocycles. The van der Waals surface area contributed by atoms with Gasteiger partial charge in [0.15, 0.2) is 5.78 Å². The van der Waals surface area contributed by atoms with Crippen LogP contribution in [-0.2, 0) is 14.3 Å². The van der Waals surface area contributed by atoms with Gasteiger partial charge in [0.2, 0.25) is 0 Å². The molecular weight excluding hydrogens is 274 g/mol. The van der Waals surface area contributed by atoms with Crippen molar-refractivity contribution >= 4 is 17.4 Å². The molecule has 110 valence electrons. The van der Waals surface area contributed by atoms with Gasteiger partial charge in [-0.15, -0.1) is 0 Å². The van der Waals surface area contributed by atoms with Crippen LogP contribution in [0.15, 0.2) is 36.4 Å². The molecule has 0 aliphatic heterocycles. The molecular formula is C15H15NO5. The SMILES string of the molecule is CCOC(=O)C1C(=O)C=CCC1c1ccc([N+](=O)[O-])cc1. The highest BCUT2D eigenvalue weighted by Gasteiger charge is 2.37. The molecule has 0 radical (unpaired) electrons. The highest BCUT2D eigenvalue weighted by atomic mass is 16.6. The minimum absolute atomic E-state index is 0.0240. The molecule has 1 aliphatic rings. The molecule has 0 bridgehead atoms. The maximum atomic E-state index is 12.0. The molecule has 1 aliphatic carbocycles. The van der Waals surface area contributed by atoms with Crippen LogP contribution in [-0.4, -0.2) is 23.3 Å². The van der Waals surface area contributed by atoms with Crippen LogP contribution in [0.25, 0.3) is 0 Å². The van der Waals surface area contributed by atoms with Gasteiger partial charge < -0.3 is 4.74 Å². The number of ether oxygens (including phenoxy) is 1. The maximum absolute atomic E-state index is 12.0. The first kappa shape index (κ1) is 14.9. The molecule has 6 heteroatoms. The van der Waals surface area contributed by atoms with E-state index in [1.165, 1.54) is 18.2 Å². The van der Waals surface area contributed by atoms with Crippen molar-refractivity contribution in [1.29, 1.82) is 0 Å². The molecule has 0 aromatic heterocycles. The van der Waals surface area contributed by atoms with E-state index < -0.39 is 16.8 Å². The number of nitro groups is 1. The summed E-state index contributed by atoms with van der Waals surface area (Å²) in [5.41, 5.74) is 0.695. The van der Waals surface area contributed by atoms with Crippen molar-refractivity contribution in [3.05, 3.63) is 52.1 Å². The highest BCUT2D eigenvalue weighted by Crippen LogP contribution is 2.34. The number of ketones is 1. The van der Waals surface area contributed by atoms with Crippen molar-refractivity contribution in [2.75, 3.05) is 6.61 Å². The first-order valence-corrected chi connectivity index (χ1v) is 6.66. The van der Waals surface area contributed by atoms with Crippen LogP contribution in [0.2, 0.25) is 0 Å². The van der Waals surface area contributed by atoms with Crippen molar-refractivity contribution in [2.45, 2.75) is 19.3 Å². The fourth-order valence-electron chi connectivity index (χ4n) is 2.45. The smallest absolute Gasteiger partial charge is 0.317 e. The van der Waals surface area contributed by atoms with Gasteiger partial charge in [0, 0.05) is 18.1 Å². The second-order valence-corrected chi connectivity index (χ2v) is 4.73. The monoisotopic (exact) mass is 289 g/mol. The number of carbonyl (C=O) groups excluding carboxylic acids is 2. The van der Waals surface area contributed by atoms with Crippen LogP contribution < -0.4 is 0 Å². The number of hydrogen-bond acceptors (Lipinski definition) is 5. The van der Waals surface area contributed by atoms with Gasteiger partial charge in [0.1, 0.15) is 5.92 Å². The first-order valence-electron chi connectivity index (χ1n) is 6.66. The van der Waals surface area contributed by atoms with Gasteiger partial charge >= 0.3 is 5.97 Å². The average Bonchev–Trinajstić information content (AvgIpc) is 2.47. The van der Waals surface area contributed by atoms with Crippen LogP contribution in [0.4, 0.5) is 5.69 Å². The van der Waals surface area contributed by atoms with Crippen molar-refractivity contribution in [2.24, 2.45) is 5.92 Å². The van der Waals surface area contributed by atoms with Gasteiger partial charge in [-0.25, -0.2) is 0 Å². The Morgan fingerprint density at radius 1 is 1.38 bits per heavy atom. The third kappa shape index (κ3) is 3.16. The number of non-ortho nitro benzene ring substituents is 1. The predicted molar refractivity (Wildman–Crippen MR) is 74.7 cm³/mol. The standard InChI is InChI=1S/C15H15NO5/c1-2-21-15(18)14-12(4-3-5-13(14)17)10-6-8-11(9-7-10)16(19)20/h3,5-9,12,14H,2,4H2,1H3. The predicted octanol–water partition coefficient (Wildman–Crippen LogP) is 2.39. The third-order valence-corrected chi connectivity index (χ3v) is 3.45. The number of esters is 1. The molecule has 1 aromatic carbocycles. The molecule has 0 N–H and O–H groups in total. The molecule has 6 nitrogen and oxygen atoms in total. The van der Waals surface area contributed by atoms with E-state index >= 15 is 0 Å². The van der Waals surface area contributed by atoms with Crippen molar-refractivity contribution in [1.82, 2.24) is 0 Å². The van der Waals surface area contributed by atoms with Gasteiger partial charge in [-0.2, -0.15) is 0 Å². The zero-order valence-corrected chi connectivity index (χ0v) is 11.5. The number of carbonyl (C=O) groups is 2. The lowest BCUT2D eigenvalue weighted by Gasteiger charge is -2.25. The van der Waals surface area contributed by atoms with E-state index in [9.17, 15) is 19.7 Å². The summed E-state index contributed by atoms with van der Waals surface area (Å²) in [5.74, 6) is -2.06. The molecule has 1 aromatic rings. The van der Waals surface area contributed by atoms with Crippen molar-refractivity contribution in [3.63, 3.8) is 0 Å². The molecule has 0 saturated carbocycles. The molecule has 21 heavy (non-hydrogen) atoms. The molecule has 0 spiro atoms. The Bertz CT molecular complexity index is 591. The van der Waals surface area contributed by atoms with E-state index in [4.69, 9.17) is 4.74 Å². The topological polar surface area (TPSA) is 86.5 Å². The first-order chi connectivity index (χ1) is 10.0. The van der Waals surface area contributed by atoms with Gasteiger partial charge in [-0.1, -0.05) is 18.2 Å². The number of nitrogens with zero attached hydrogens (tertiary/aromatic N) is 1. The summed E-state index contributed by atoms with van der Waals surface area (Å²) in [4.78, 5) is 34.1. The van der Waals surface area contributed by atoms with E-state index in [1.54, 1.807) is 25.1 Å². The van der Waals surface area contributed by atoms with E-state index in [1.807, 2.05) is 0 Å². The van der Waals surface area contributed by atoms with E-state index in [0.29, 0.717) is 6.42 Å². The molecule has 0 fully saturated rings. The van der Waals surface area contributed by atoms with Gasteiger partial charge in [0.25, 0.3) is 5.69 Å². The number of rotatable bonds is 4.